The predicted molar refractivity (Wildman–Crippen MR) is 106 cm³/mol. The van der Waals surface area contributed by atoms with Gasteiger partial charge in [-0.25, -0.2) is 9.78 Å². The van der Waals surface area contributed by atoms with Crippen molar-refractivity contribution in [2.75, 3.05) is 11.9 Å². The molecule has 2 aromatic heterocycles. The molecule has 0 bridgehead atoms. The van der Waals surface area contributed by atoms with Crippen LogP contribution >= 0.6 is 0 Å². The Morgan fingerprint density at radius 3 is 2.71 bits per heavy atom. The Morgan fingerprint density at radius 2 is 1.96 bits per heavy atom. The molecule has 0 spiro atoms. The second-order valence-corrected chi connectivity index (χ2v) is 6.05. The van der Waals surface area contributed by atoms with Crippen LogP contribution in [0.3, 0.4) is 0 Å². The van der Waals surface area contributed by atoms with Crippen molar-refractivity contribution in [2.24, 2.45) is 0 Å². The number of phenols is 1. The average molecular weight is 374 g/mol. The van der Waals surface area contributed by atoms with Gasteiger partial charge in [-0.3, -0.25) is 9.38 Å². The molecule has 0 fully saturated rings. The highest BCUT2D eigenvalue weighted by Gasteiger charge is 2.17. The molecule has 0 atom stereocenters. The number of imidazole rings is 1. The first-order valence-electron chi connectivity index (χ1n) is 8.82. The van der Waals surface area contributed by atoms with Crippen molar-refractivity contribution in [2.45, 2.75) is 6.92 Å². The number of nitrogens with zero attached hydrogens (tertiary/aromatic N) is 3. The summed E-state index contributed by atoms with van der Waals surface area (Å²) >= 11 is 0. The van der Waals surface area contributed by atoms with Crippen molar-refractivity contribution in [1.82, 2.24) is 14.4 Å². The van der Waals surface area contributed by atoms with Gasteiger partial charge in [0, 0.05) is 23.6 Å². The lowest BCUT2D eigenvalue weighted by Crippen LogP contribution is -2.04. The number of benzene rings is 2. The Morgan fingerprint density at radius 1 is 1.18 bits per heavy atom. The molecule has 0 aliphatic rings. The maximum Gasteiger partial charge on any atom is 0.338 e. The van der Waals surface area contributed by atoms with E-state index in [0.29, 0.717) is 34.9 Å². The summed E-state index contributed by atoms with van der Waals surface area (Å²) < 4.78 is 6.87. The first-order chi connectivity index (χ1) is 13.7. The third-order valence-corrected chi connectivity index (χ3v) is 4.25. The first-order valence-corrected chi connectivity index (χ1v) is 8.82. The normalized spacial score (nSPS) is 10.8. The third kappa shape index (κ3) is 3.25. The molecular formula is C21H18N4O3. The van der Waals surface area contributed by atoms with E-state index in [0.717, 1.165) is 5.69 Å². The molecule has 2 heterocycles. The smallest absolute Gasteiger partial charge is 0.338 e. The minimum atomic E-state index is -0.357. The van der Waals surface area contributed by atoms with Crippen molar-refractivity contribution in [3.05, 3.63) is 72.7 Å². The quantitative estimate of drug-likeness (QED) is 0.513. The van der Waals surface area contributed by atoms with E-state index in [4.69, 9.17) is 4.74 Å². The van der Waals surface area contributed by atoms with Gasteiger partial charge < -0.3 is 15.2 Å². The molecule has 7 heteroatoms. The highest BCUT2D eigenvalue weighted by molar-refractivity contribution is 5.90. The van der Waals surface area contributed by atoms with Crippen LogP contribution in [0.5, 0.6) is 5.75 Å². The molecule has 0 unspecified atom stereocenters. The van der Waals surface area contributed by atoms with Crippen LogP contribution in [0.2, 0.25) is 0 Å². The van der Waals surface area contributed by atoms with Crippen molar-refractivity contribution >= 4 is 23.1 Å². The van der Waals surface area contributed by atoms with E-state index in [9.17, 15) is 9.90 Å². The summed E-state index contributed by atoms with van der Waals surface area (Å²) in [5, 5.41) is 13.6. The number of carbonyl (C=O) groups is 1. The number of para-hydroxylation sites is 1. The summed E-state index contributed by atoms with van der Waals surface area (Å²) in [5.41, 5.74) is 3.10. The number of fused-ring (bicyclic) bond motifs is 1. The number of aromatic nitrogens is 3. The number of nitrogens with one attached hydrogen (secondary N) is 1. The fourth-order valence-corrected chi connectivity index (χ4v) is 2.93. The van der Waals surface area contributed by atoms with E-state index in [2.05, 4.69) is 15.3 Å². The maximum atomic E-state index is 11.8. The Bertz CT molecular complexity index is 1140. The number of phenolic OH excluding ortho intramolecular Hbond substituents is 1. The summed E-state index contributed by atoms with van der Waals surface area (Å²) in [7, 11) is 0. The molecule has 0 aliphatic heterocycles. The van der Waals surface area contributed by atoms with Crippen LogP contribution in [0.25, 0.3) is 16.9 Å². The summed E-state index contributed by atoms with van der Waals surface area (Å²) in [6.07, 6.45) is 5.11. The van der Waals surface area contributed by atoms with Crippen molar-refractivity contribution in [3.63, 3.8) is 0 Å². The van der Waals surface area contributed by atoms with Gasteiger partial charge in [-0.15, -0.1) is 0 Å². The van der Waals surface area contributed by atoms with E-state index < -0.39 is 0 Å². The molecule has 2 N–H and O–H groups in total. The molecule has 0 radical (unpaired) electrons. The summed E-state index contributed by atoms with van der Waals surface area (Å²) in [5.74, 6) is 0.465. The largest absolute Gasteiger partial charge is 0.507 e. The Kier molecular flexibility index (Phi) is 4.63. The summed E-state index contributed by atoms with van der Waals surface area (Å²) in [6, 6.07) is 14.0. The number of rotatable bonds is 5. The molecule has 0 aliphatic carbocycles. The van der Waals surface area contributed by atoms with Gasteiger partial charge in [-0.2, -0.15) is 0 Å². The number of esters is 1. The number of carbonyl (C=O) groups excluding carboxylic acids is 1. The highest BCUT2D eigenvalue weighted by Crippen LogP contribution is 2.35. The predicted octanol–water partition coefficient (Wildman–Crippen LogP) is 4.02. The molecule has 2 aromatic carbocycles. The number of anilines is 2. The fraction of sp³-hybridized carbons (Fsp3) is 0.0952. The van der Waals surface area contributed by atoms with Crippen molar-refractivity contribution < 1.29 is 14.6 Å². The minimum Gasteiger partial charge on any atom is -0.507 e. The Balaban J connectivity index is 1.75. The second-order valence-electron chi connectivity index (χ2n) is 6.05. The van der Waals surface area contributed by atoms with Crippen LogP contribution in [0, 0.1) is 0 Å². The van der Waals surface area contributed by atoms with Crippen LogP contribution in [0.15, 0.2) is 67.1 Å². The lowest BCUT2D eigenvalue weighted by Gasteiger charge is -2.10. The number of aromatic hydroxyl groups is 1. The lowest BCUT2D eigenvalue weighted by molar-refractivity contribution is 0.0526. The maximum absolute atomic E-state index is 11.8. The molecule has 7 nitrogen and oxygen atoms in total. The Labute approximate surface area is 161 Å². The first kappa shape index (κ1) is 17.5. The third-order valence-electron chi connectivity index (χ3n) is 4.25. The van der Waals surface area contributed by atoms with Gasteiger partial charge in [0.05, 0.1) is 18.4 Å². The zero-order valence-corrected chi connectivity index (χ0v) is 15.2. The highest BCUT2D eigenvalue weighted by atomic mass is 16.5. The van der Waals surface area contributed by atoms with Gasteiger partial charge in [-0.05, 0) is 43.3 Å². The standard InChI is InChI=1S/C21H18N4O3/c1-2-28-21(27)14-7-9-15(10-8-14)23-20-19(16-5-3-4-6-17(16)26)24-18-13-22-11-12-25(18)20/h3-13,23,26H,2H2,1H3. The van der Waals surface area contributed by atoms with Gasteiger partial charge in [0.2, 0.25) is 0 Å². The fourth-order valence-electron chi connectivity index (χ4n) is 2.93. The number of ether oxygens (including phenoxy) is 1. The zero-order valence-electron chi connectivity index (χ0n) is 15.2. The van der Waals surface area contributed by atoms with Crippen molar-refractivity contribution in [1.29, 1.82) is 0 Å². The SMILES string of the molecule is CCOC(=O)c1ccc(Nc2c(-c3ccccc3O)nc3cnccn23)cc1. The van der Waals surface area contributed by atoms with Crippen molar-refractivity contribution in [3.8, 4) is 17.0 Å². The van der Waals surface area contributed by atoms with Gasteiger partial charge in [0.15, 0.2) is 5.65 Å². The van der Waals surface area contributed by atoms with Crippen LogP contribution in [-0.4, -0.2) is 32.1 Å². The van der Waals surface area contributed by atoms with Gasteiger partial charge in [-0.1, -0.05) is 12.1 Å². The van der Waals surface area contributed by atoms with Gasteiger partial charge in [0.25, 0.3) is 0 Å². The summed E-state index contributed by atoms with van der Waals surface area (Å²) in [6.45, 7) is 2.10. The monoisotopic (exact) mass is 374 g/mol. The molecule has 4 aromatic rings. The van der Waals surface area contributed by atoms with E-state index in [1.54, 1.807) is 68.0 Å². The molecule has 4 rings (SSSR count). The molecule has 0 amide bonds. The molecule has 140 valence electrons. The lowest BCUT2D eigenvalue weighted by atomic mass is 10.1. The molecule has 28 heavy (non-hydrogen) atoms. The van der Waals surface area contributed by atoms with Gasteiger partial charge >= 0.3 is 5.97 Å². The van der Waals surface area contributed by atoms with Crippen LogP contribution < -0.4 is 5.32 Å². The van der Waals surface area contributed by atoms with E-state index in [1.165, 1.54) is 0 Å². The van der Waals surface area contributed by atoms with Crippen LogP contribution in [0.1, 0.15) is 17.3 Å². The van der Waals surface area contributed by atoms with Gasteiger partial charge in [0.1, 0.15) is 17.3 Å². The van der Waals surface area contributed by atoms with Crippen LogP contribution in [0.4, 0.5) is 11.5 Å². The molecular weight excluding hydrogens is 356 g/mol. The average Bonchev–Trinajstić information content (AvgIpc) is 3.07. The van der Waals surface area contributed by atoms with Crippen LogP contribution in [-0.2, 0) is 4.74 Å². The zero-order chi connectivity index (χ0) is 19.5. The number of hydrogen-bond donors (Lipinski definition) is 2. The summed E-state index contributed by atoms with van der Waals surface area (Å²) in [4.78, 5) is 20.6. The minimum absolute atomic E-state index is 0.138. The second kappa shape index (κ2) is 7.40. The molecule has 0 saturated carbocycles. The van der Waals surface area contributed by atoms with E-state index in [1.807, 2.05) is 10.5 Å². The van der Waals surface area contributed by atoms with E-state index >= 15 is 0 Å². The Hall–Kier alpha value is -3.87. The van der Waals surface area contributed by atoms with E-state index in [-0.39, 0.29) is 11.7 Å². The topological polar surface area (TPSA) is 88.8 Å². The number of hydrogen-bond acceptors (Lipinski definition) is 6. The molecule has 0 saturated heterocycles.